The molecule has 0 spiro atoms. The van der Waals surface area contributed by atoms with Crippen LogP contribution < -0.4 is 10.5 Å². The van der Waals surface area contributed by atoms with E-state index in [0.29, 0.717) is 10.8 Å². The van der Waals surface area contributed by atoms with Crippen LogP contribution in [0, 0.1) is 5.92 Å². The first-order valence-electron chi connectivity index (χ1n) is 6.80. The van der Waals surface area contributed by atoms with Gasteiger partial charge in [-0.2, -0.15) is 0 Å². The lowest BCUT2D eigenvalue weighted by atomic mass is 10.0. The van der Waals surface area contributed by atoms with Crippen molar-refractivity contribution in [1.82, 2.24) is 4.72 Å². The van der Waals surface area contributed by atoms with Gasteiger partial charge in [-0.05, 0) is 37.3 Å². The van der Waals surface area contributed by atoms with Gasteiger partial charge >= 0.3 is 0 Å². The van der Waals surface area contributed by atoms with Crippen LogP contribution in [0.2, 0.25) is 0 Å². The summed E-state index contributed by atoms with van der Waals surface area (Å²) >= 11 is 5.99. The van der Waals surface area contributed by atoms with Gasteiger partial charge in [-0.3, -0.25) is 0 Å². The second-order valence-corrected chi connectivity index (χ2v) is 8.88. The predicted octanol–water partition coefficient (Wildman–Crippen LogP) is 2.63. The molecule has 4 nitrogen and oxygen atoms in total. The van der Waals surface area contributed by atoms with Crippen molar-refractivity contribution >= 4 is 38.6 Å². The Labute approximate surface area is 129 Å². The lowest BCUT2D eigenvalue weighted by Crippen LogP contribution is -2.34. The molecule has 112 valence electrons. The van der Waals surface area contributed by atoms with E-state index in [2.05, 4.69) is 11.6 Å². The van der Waals surface area contributed by atoms with Crippen LogP contribution >= 0.6 is 23.6 Å². The highest BCUT2D eigenvalue weighted by molar-refractivity contribution is 7.91. The van der Waals surface area contributed by atoms with Crippen LogP contribution in [-0.4, -0.2) is 19.4 Å². The van der Waals surface area contributed by atoms with Crippen molar-refractivity contribution in [3.05, 3.63) is 17.0 Å². The largest absolute Gasteiger partial charge is 0.389 e. The third-order valence-corrected chi connectivity index (χ3v) is 7.15. The third-order valence-electron chi connectivity index (χ3n) is 3.67. The first-order chi connectivity index (χ1) is 9.38. The molecule has 0 radical (unpaired) electrons. The Hall–Kier alpha value is -0.500. The second-order valence-electron chi connectivity index (χ2n) is 5.41. The molecule has 0 saturated heterocycles. The van der Waals surface area contributed by atoms with Crippen molar-refractivity contribution in [1.29, 1.82) is 0 Å². The Morgan fingerprint density at radius 3 is 2.75 bits per heavy atom. The van der Waals surface area contributed by atoms with Gasteiger partial charge in [-0.25, -0.2) is 13.1 Å². The zero-order valence-electron chi connectivity index (χ0n) is 11.5. The first-order valence-corrected chi connectivity index (χ1v) is 9.51. The summed E-state index contributed by atoms with van der Waals surface area (Å²) in [5.74, 6) is 0.687. The number of sulfonamides is 1. The molecule has 7 heteroatoms. The molecule has 20 heavy (non-hydrogen) atoms. The van der Waals surface area contributed by atoms with E-state index < -0.39 is 10.0 Å². The summed E-state index contributed by atoms with van der Waals surface area (Å²) < 4.78 is 27.8. The molecule has 1 aliphatic carbocycles. The van der Waals surface area contributed by atoms with E-state index in [9.17, 15) is 8.42 Å². The highest BCUT2D eigenvalue weighted by Gasteiger charge is 2.24. The van der Waals surface area contributed by atoms with Crippen molar-refractivity contribution in [3.8, 4) is 0 Å². The smallest absolute Gasteiger partial charge is 0.250 e. The highest BCUT2D eigenvalue weighted by Crippen LogP contribution is 2.26. The van der Waals surface area contributed by atoms with E-state index in [1.54, 1.807) is 12.1 Å². The summed E-state index contributed by atoms with van der Waals surface area (Å²) in [7, 11) is -3.45. The molecular weight excluding hydrogens is 312 g/mol. The molecular formula is C13H20N2O2S3. The summed E-state index contributed by atoms with van der Waals surface area (Å²) in [4.78, 5) is 0.870. The molecule has 1 heterocycles. The molecule has 0 amide bonds. The van der Waals surface area contributed by atoms with Crippen LogP contribution in [0.1, 0.15) is 43.9 Å². The number of rotatable bonds is 4. The van der Waals surface area contributed by atoms with E-state index in [1.165, 1.54) is 6.42 Å². The van der Waals surface area contributed by atoms with E-state index in [-0.39, 0.29) is 15.2 Å². The number of nitrogens with two attached hydrogens (primary N) is 1. The molecule has 2 atom stereocenters. The van der Waals surface area contributed by atoms with Crippen LogP contribution in [0.3, 0.4) is 0 Å². The Balaban J connectivity index is 2.08. The molecule has 2 rings (SSSR count). The first kappa shape index (κ1) is 15.9. The minimum Gasteiger partial charge on any atom is -0.389 e. The Kier molecular flexibility index (Phi) is 5.17. The van der Waals surface area contributed by atoms with Crippen LogP contribution in [0.4, 0.5) is 0 Å². The molecule has 2 unspecified atom stereocenters. The van der Waals surface area contributed by atoms with Crippen LogP contribution in [-0.2, 0) is 10.0 Å². The molecule has 0 aliphatic heterocycles. The van der Waals surface area contributed by atoms with Gasteiger partial charge in [0.05, 0.1) is 4.88 Å². The molecule has 1 aromatic rings. The summed E-state index contributed by atoms with van der Waals surface area (Å²) in [5.41, 5.74) is 5.52. The van der Waals surface area contributed by atoms with Crippen molar-refractivity contribution in [2.24, 2.45) is 11.7 Å². The van der Waals surface area contributed by atoms with E-state index in [4.69, 9.17) is 18.0 Å². The van der Waals surface area contributed by atoms with Gasteiger partial charge in [0.25, 0.3) is 0 Å². The number of thiophene rings is 1. The van der Waals surface area contributed by atoms with Crippen molar-refractivity contribution in [2.45, 2.75) is 49.3 Å². The maximum absolute atomic E-state index is 12.3. The molecule has 1 saturated carbocycles. The van der Waals surface area contributed by atoms with Crippen LogP contribution in [0.15, 0.2) is 16.3 Å². The molecule has 1 aliphatic rings. The molecule has 1 fully saturated rings. The molecule has 0 bridgehead atoms. The number of hydrogen-bond donors (Lipinski definition) is 2. The number of thiocarbonyl (C=S) groups is 1. The number of nitrogens with one attached hydrogen (secondary N) is 1. The number of hydrogen-bond acceptors (Lipinski definition) is 4. The lowest BCUT2D eigenvalue weighted by Gasteiger charge is -2.15. The normalized spacial score (nSPS) is 24.2. The Morgan fingerprint density at radius 2 is 2.10 bits per heavy atom. The van der Waals surface area contributed by atoms with Crippen molar-refractivity contribution in [2.75, 3.05) is 0 Å². The fourth-order valence-electron chi connectivity index (χ4n) is 2.48. The maximum atomic E-state index is 12.3. The quantitative estimate of drug-likeness (QED) is 0.657. The zero-order valence-corrected chi connectivity index (χ0v) is 13.9. The average Bonchev–Trinajstić information content (AvgIpc) is 2.78. The topological polar surface area (TPSA) is 72.2 Å². The summed E-state index contributed by atoms with van der Waals surface area (Å²) in [6.07, 6.45) is 5.17. The zero-order chi connectivity index (χ0) is 14.8. The van der Waals surface area contributed by atoms with E-state index in [0.717, 1.165) is 37.0 Å². The maximum Gasteiger partial charge on any atom is 0.250 e. The standard InChI is InChI=1S/C13H20N2O2S3/c1-9-3-2-4-10(6-5-9)15-20(16,17)12-8-7-11(19-12)13(14)18/h7-10,15H,2-6H2,1H3,(H2,14,18). The van der Waals surface area contributed by atoms with Gasteiger partial charge in [0.2, 0.25) is 10.0 Å². The fraction of sp³-hybridized carbons (Fsp3) is 0.615. The van der Waals surface area contributed by atoms with Crippen molar-refractivity contribution in [3.63, 3.8) is 0 Å². The Bertz CT molecular complexity index is 580. The SMILES string of the molecule is CC1CCCC(NS(=O)(=O)c2ccc(C(N)=S)s2)CC1. The van der Waals surface area contributed by atoms with Gasteiger partial charge < -0.3 is 5.73 Å². The predicted molar refractivity (Wildman–Crippen MR) is 86.6 cm³/mol. The van der Waals surface area contributed by atoms with Gasteiger partial charge in [0.1, 0.15) is 9.20 Å². The molecule has 1 aromatic heterocycles. The summed E-state index contributed by atoms with van der Waals surface area (Å²) in [5, 5.41) is 0. The Morgan fingerprint density at radius 1 is 1.35 bits per heavy atom. The monoisotopic (exact) mass is 332 g/mol. The van der Waals surface area contributed by atoms with Crippen LogP contribution in [0.5, 0.6) is 0 Å². The molecule has 3 N–H and O–H groups in total. The van der Waals surface area contributed by atoms with Gasteiger partial charge in [-0.1, -0.05) is 32.0 Å². The van der Waals surface area contributed by atoms with Gasteiger partial charge in [0, 0.05) is 6.04 Å². The third kappa shape index (κ3) is 4.00. The van der Waals surface area contributed by atoms with Crippen molar-refractivity contribution < 1.29 is 8.42 Å². The summed E-state index contributed by atoms with van der Waals surface area (Å²) in [6, 6.07) is 3.28. The van der Waals surface area contributed by atoms with Gasteiger partial charge in [-0.15, -0.1) is 11.3 Å². The minimum absolute atomic E-state index is 0.0420. The van der Waals surface area contributed by atoms with E-state index in [1.807, 2.05) is 0 Å². The van der Waals surface area contributed by atoms with Gasteiger partial charge in [0.15, 0.2) is 0 Å². The molecule has 0 aromatic carbocycles. The van der Waals surface area contributed by atoms with Crippen LogP contribution in [0.25, 0.3) is 0 Å². The highest BCUT2D eigenvalue weighted by atomic mass is 32.2. The lowest BCUT2D eigenvalue weighted by molar-refractivity contribution is 0.485. The minimum atomic E-state index is -3.45. The van der Waals surface area contributed by atoms with E-state index >= 15 is 0 Å². The average molecular weight is 333 g/mol. The second kappa shape index (κ2) is 6.51. The fourth-order valence-corrected chi connectivity index (χ4v) is 5.15. The summed E-state index contributed by atoms with van der Waals surface area (Å²) in [6.45, 7) is 2.23.